The Kier molecular flexibility index (Phi) is 5.96. The normalized spacial score (nSPS) is 10.8. The maximum absolute atomic E-state index is 5.71. The van der Waals surface area contributed by atoms with Crippen molar-refractivity contribution in [2.24, 2.45) is 0 Å². The van der Waals surface area contributed by atoms with E-state index in [4.69, 9.17) is 4.74 Å². The first-order valence-electron chi connectivity index (χ1n) is 7.21. The number of benzene rings is 1. The van der Waals surface area contributed by atoms with Crippen LogP contribution < -0.4 is 4.74 Å². The van der Waals surface area contributed by atoms with Crippen molar-refractivity contribution < 1.29 is 4.74 Å². The van der Waals surface area contributed by atoms with Crippen molar-refractivity contribution in [2.45, 2.75) is 59.3 Å². The van der Waals surface area contributed by atoms with Crippen LogP contribution in [-0.2, 0) is 11.8 Å². The molecule has 0 spiro atoms. The Labute approximate surface area is 118 Å². The molecule has 19 heavy (non-hydrogen) atoms. The molecule has 1 rings (SSSR count). The summed E-state index contributed by atoms with van der Waals surface area (Å²) in [5.41, 5.74) is 2.81. The zero-order chi connectivity index (χ0) is 14.3. The summed E-state index contributed by atoms with van der Waals surface area (Å²) in [6.45, 7) is 11.5. The fraction of sp³-hybridized carbons (Fsp3) is 0.556. The Morgan fingerprint density at radius 3 is 2.42 bits per heavy atom. The van der Waals surface area contributed by atoms with Gasteiger partial charge in [-0.2, -0.15) is 0 Å². The highest BCUT2D eigenvalue weighted by molar-refractivity contribution is 5.40. The van der Waals surface area contributed by atoms with Gasteiger partial charge in [0.25, 0.3) is 0 Å². The fourth-order valence-electron chi connectivity index (χ4n) is 1.95. The molecule has 0 bridgehead atoms. The van der Waals surface area contributed by atoms with Crippen molar-refractivity contribution in [2.75, 3.05) is 6.61 Å². The van der Waals surface area contributed by atoms with Crippen LogP contribution in [0.1, 0.15) is 58.6 Å². The van der Waals surface area contributed by atoms with E-state index in [1.165, 1.54) is 11.1 Å². The van der Waals surface area contributed by atoms with E-state index in [0.717, 1.165) is 25.0 Å². The highest BCUT2D eigenvalue weighted by atomic mass is 16.5. The Hall–Kier alpha value is -1.42. The molecule has 0 unspecified atom stereocenters. The van der Waals surface area contributed by atoms with E-state index >= 15 is 0 Å². The van der Waals surface area contributed by atoms with Crippen LogP contribution in [0.4, 0.5) is 0 Å². The van der Waals surface area contributed by atoms with Crippen molar-refractivity contribution in [3.05, 3.63) is 29.3 Å². The summed E-state index contributed by atoms with van der Waals surface area (Å²) in [5, 5.41) is 0. The van der Waals surface area contributed by atoms with Gasteiger partial charge in [0.2, 0.25) is 0 Å². The lowest BCUT2D eigenvalue weighted by atomic mass is 9.85. The van der Waals surface area contributed by atoms with Crippen LogP contribution in [0.2, 0.25) is 0 Å². The van der Waals surface area contributed by atoms with E-state index in [0.29, 0.717) is 6.61 Å². The molecular weight excluding hydrogens is 232 g/mol. The molecule has 0 atom stereocenters. The third kappa shape index (κ3) is 4.99. The third-order valence-corrected chi connectivity index (χ3v) is 3.05. The first-order chi connectivity index (χ1) is 8.99. The summed E-state index contributed by atoms with van der Waals surface area (Å²) in [5.74, 6) is 7.34. The third-order valence-electron chi connectivity index (χ3n) is 3.05. The van der Waals surface area contributed by atoms with Crippen molar-refractivity contribution in [3.8, 4) is 17.6 Å². The largest absolute Gasteiger partial charge is 0.494 e. The van der Waals surface area contributed by atoms with Gasteiger partial charge in [-0.3, -0.25) is 0 Å². The van der Waals surface area contributed by atoms with Gasteiger partial charge >= 0.3 is 0 Å². The molecule has 0 aliphatic carbocycles. The van der Waals surface area contributed by atoms with Gasteiger partial charge in [-0.15, -0.1) is 11.8 Å². The lowest BCUT2D eigenvalue weighted by molar-refractivity contribution is 0.336. The van der Waals surface area contributed by atoms with Crippen molar-refractivity contribution in [3.63, 3.8) is 0 Å². The number of hydrogen-bond donors (Lipinski definition) is 0. The molecule has 0 N–H and O–H groups in total. The Balaban J connectivity index is 2.95. The molecule has 0 aliphatic heterocycles. The minimum Gasteiger partial charge on any atom is -0.494 e. The van der Waals surface area contributed by atoms with Gasteiger partial charge in [0.15, 0.2) is 0 Å². The van der Waals surface area contributed by atoms with Crippen molar-refractivity contribution in [1.29, 1.82) is 0 Å². The maximum atomic E-state index is 5.71. The minimum atomic E-state index is 0.175. The average molecular weight is 258 g/mol. The lowest BCUT2D eigenvalue weighted by Crippen LogP contribution is -2.12. The number of hydrogen-bond acceptors (Lipinski definition) is 1. The van der Waals surface area contributed by atoms with Gasteiger partial charge in [-0.05, 0) is 36.0 Å². The molecule has 0 fully saturated rings. The van der Waals surface area contributed by atoms with Gasteiger partial charge < -0.3 is 4.74 Å². The Bertz CT molecular complexity index is 455. The van der Waals surface area contributed by atoms with Crippen molar-refractivity contribution in [1.82, 2.24) is 0 Å². The number of aryl methyl sites for hydroxylation is 1. The standard InChI is InChI=1S/C18H26O/c1-6-8-9-10-11-15-14-16(18(3,4)5)12-13-17(15)19-7-2/h12-14H,6-7,10-11H2,1-5H3. The second-order valence-electron chi connectivity index (χ2n) is 5.71. The summed E-state index contributed by atoms with van der Waals surface area (Å²) in [6, 6.07) is 6.55. The van der Waals surface area contributed by atoms with E-state index in [1.807, 2.05) is 6.92 Å². The Morgan fingerprint density at radius 2 is 1.84 bits per heavy atom. The summed E-state index contributed by atoms with van der Waals surface area (Å²) in [6.07, 6.45) is 2.80. The highest BCUT2D eigenvalue weighted by Crippen LogP contribution is 2.28. The molecule has 104 valence electrons. The molecule has 0 heterocycles. The first-order valence-corrected chi connectivity index (χ1v) is 7.21. The molecule has 1 aromatic rings. The van der Waals surface area contributed by atoms with Gasteiger partial charge in [-0.25, -0.2) is 0 Å². The smallest absolute Gasteiger partial charge is 0.122 e. The highest BCUT2D eigenvalue weighted by Gasteiger charge is 2.15. The average Bonchev–Trinajstić information content (AvgIpc) is 2.35. The molecule has 0 saturated carbocycles. The van der Waals surface area contributed by atoms with Crippen LogP contribution in [0.5, 0.6) is 5.75 Å². The summed E-state index contributed by atoms with van der Waals surface area (Å²) in [7, 11) is 0. The van der Waals surface area contributed by atoms with Crippen LogP contribution in [-0.4, -0.2) is 6.61 Å². The van der Waals surface area contributed by atoms with E-state index in [1.54, 1.807) is 0 Å². The summed E-state index contributed by atoms with van der Waals surface area (Å²) in [4.78, 5) is 0. The van der Waals surface area contributed by atoms with Crippen LogP contribution in [0, 0.1) is 11.8 Å². The van der Waals surface area contributed by atoms with Crippen LogP contribution in [0.3, 0.4) is 0 Å². The number of ether oxygens (including phenoxy) is 1. The SMILES string of the molecule is CCC#CCCc1cc(C(C)(C)C)ccc1OCC. The minimum absolute atomic E-state index is 0.175. The first kappa shape index (κ1) is 15.6. The topological polar surface area (TPSA) is 9.23 Å². The molecule has 0 aliphatic rings. The zero-order valence-electron chi connectivity index (χ0n) is 13.0. The molecule has 1 aromatic carbocycles. The van der Waals surface area contributed by atoms with E-state index < -0.39 is 0 Å². The predicted molar refractivity (Wildman–Crippen MR) is 82.7 cm³/mol. The van der Waals surface area contributed by atoms with Gasteiger partial charge in [-0.1, -0.05) is 39.8 Å². The van der Waals surface area contributed by atoms with E-state index in [2.05, 4.69) is 57.7 Å². The Morgan fingerprint density at radius 1 is 1.11 bits per heavy atom. The molecule has 0 saturated heterocycles. The second-order valence-corrected chi connectivity index (χ2v) is 5.71. The number of rotatable bonds is 4. The van der Waals surface area contributed by atoms with Gasteiger partial charge in [0.05, 0.1) is 6.61 Å². The predicted octanol–water partition coefficient (Wildman–Crippen LogP) is 4.73. The molecule has 0 radical (unpaired) electrons. The second kappa shape index (κ2) is 7.24. The maximum Gasteiger partial charge on any atom is 0.122 e. The quantitative estimate of drug-likeness (QED) is 0.709. The molecule has 0 amide bonds. The van der Waals surface area contributed by atoms with E-state index in [9.17, 15) is 0 Å². The zero-order valence-corrected chi connectivity index (χ0v) is 13.0. The molecule has 1 heteroatoms. The fourth-order valence-corrected chi connectivity index (χ4v) is 1.95. The summed E-state index contributed by atoms with van der Waals surface area (Å²) >= 11 is 0. The lowest BCUT2D eigenvalue weighted by Gasteiger charge is -2.21. The molecule has 1 nitrogen and oxygen atoms in total. The van der Waals surface area contributed by atoms with Crippen LogP contribution in [0.15, 0.2) is 18.2 Å². The molecule has 0 aromatic heterocycles. The van der Waals surface area contributed by atoms with Gasteiger partial charge in [0.1, 0.15) is 5.75 Å². The monoisotopic (exact) mass is 258 g/mol. The van der Waals surface area contributed by atoms with Crippen molar-refractivity contribution >= 4 is 0 Å². The van der Waals surface area contributed by atoms with Gasteiger partial charge in [0, 0.05) is 12.8 Å². The van der Waals surface area contributed by atoms with Crippen LogP contribution >= 0.6 is 0 Å². The van der Waals surface area contributed by atoms with Crippen LogP contribution in [0.25, 0.3) is 0 Å². The summed E-state index contributed by atoms with van der Waals surface area (Å²) < 4.78 is 5.71. The van der Waals surface area contributed by atoms with E-state index in [-0.39, 0.29) is 5.41 Å². The molecular formula is C18H26O.